The van der Waals surface area contributed by atoms with Crippen LogP contribution in [0.4, 0.5) is 10.6 Å². The number of rotatable bonds is 8. The highest BCUT2D eigenvalue weighted by Gasteiger charge is 2.35. The van der Waals surface area contributed by atoms with Gasteiger partial charge in [0.1, 0.15) is 5.82 Å². The molecule has 10 heteroatoms. The number of carbonyl (C=O) groups excluding carboxylic acids is 1. The number of benzene rings is 2. The fourth-order valence-corrected chi connectivity index (χ4v) is 5.43. The molecular weight excluding hydrogens is 528 g/mol. The van der Waals surface area contributed by atoms with Gasteiger partial charge in [-0.05, 0) is 42.8 Å². The summed E-state index contributed by atoms with van der Waals surface area (Å²) in [6.45, 7) is 4.78. The number of hydrogen-bond donors (Lipinski definition) is 2. The molecule has 5 rings (SSSR count). The Morgan fingerprint density at radius 1 is 1.10 bits per heavy atom. The summed E-state index contributed by atoms with van der Waals surface area (Å²) in [4.78, 5) is 27.8. The molecule has 0 spiro atoms. The van der Waals surface area contributed by atoms with Crippen molar-refractivity contribution in [2.24, 2.45) is 7.05 Å². The molecule has 208 valence electrons. The number of anilines is 1. The normalized spacial score (nSPS) is 17.2. The minimum atomic E-state index is -0.321. The SMILES string of the molecule is COCCN1CC(NC(=O)Nc2c(C)c(-c3ccc(=O)n(C)c3)nn2-c2ccccc2)C(c2cccc(Cl)c2)C1. The predicted octanol–water partition coefficient (Wildman–Crippen LogP) is 4.44. The molecule has 9 nitrogen and oxygen atoms in total. The van der Waals surface area contributed by atoms with Crippen molar-refractivity contribution in [2.75, 3.05) is 38.7 Å². The highest BCUT2D eigenvalue weighted by Crippen LogP contribution is 2.32. The van der Waals surface area contributed by atoms with Crippen LogP contribution in [0.5, 0.6) is 0 Å². The van der Waals surface area contributed by atoms with Crippen LogP contribution in [-0.4, -0.2) is 64.7 Å². The fourth-order valence-electron chi connectivity index (χ4n) is 5.23. The zero-order valence-electron chi connectivity index (χ0n) is 22.8. The molecule has 4 aromatic rings. The Bertz CT molecular complexity index is 1550. The number of amides is 2. The van der Waals surface area contributed by atoms with Gasteiger partial charge in [0.25, 0.3) is 0 Å². The molecule has 2 N–H and O–H groups in total. The first-order chi connectivity index (χ1) is 19.3. The lowest BCUT2D eigenvalue weighted by molar-refractivity contribution is 0.159. The molecule has 2 unspecified atom stereocenters. The number of halogens is 1. The molecule has 0 bridgehead atoms. The predicted molar refractivity (Wildman–Crippen MR) is 157 cm³/mol. The largest absolute Gasteiger partial charge is 0.383 e. The van der Waals surface area contributed by atoms with Crippen molar-refractivity contribution in [1.82, 2.24) is 24.6 Å². The van der Waals surface area contributed by atoms with Gasteiger partial charge in [-0.25, -0.2) is 9.48 Å². The summed E-state index contributed by atoms with van der Waals surface area (Å²) in [5, 5.41) is 11.8. The zero-order valence-corrected chi connectivity index (χ0v) is 23.6. The van der Waals surface area contributed by atoms with Gasteiger partial charge in [-0.15, -0.1) is 0 Å². The summed E-state index contributed by atoms with van der Waals surface area (Å²) in [6.07, 6.45) is 1.75. The van der Waals surface area contributed by atoms with Crippen LogP contribution in [0.3, 0.4) is 0 Å². The van der Waals surface area contributed by atoms with Crippen molar-refractivity contribution in [3.05, 3.63) is 99.4 Å². The molecule has 2 aromatic carbocycles. The van der Waals surface area contributed by atoms with E-state index in [-0.39, 0.29) is 23.6 Å². The molecule has 40 heavy (non-hydrogen) atoms. The van der Waals surface area contributed by atoms with Crippen LogP contribution < -0.4 is 16.2 Å². The summed E-state index contributed by atoms with van der Waals surface area (Å²) in [6, 6.07) is 20.3. The molecule has 0 saturated carbocycles. The van der Waals surface area contributed by atoms with E-state index in [4.69, 9.17) is 21.4 Å². The van der Waals surface area contributed by atoms with E-state index in [1.807, 2.05) is 55.5 Å². The van der Waals surface area contributed by atoms with E-state index >= 15 is 0 Å². The first-order valence-electron chi connectivity index (χ1n) is 13.2. The molecule has 0 aliphatic carbocycles. The van der Waals surface area contributed by atoms with Crippen LogP contribution in [0.2, 0.25) is 5.02 Å². The van der Waals surface area contributed by atoms with Gasteiger partial charge in [-0.1, -0.05) is 41.9 Å². The zero-order chi connectivity index (χ0) is 28.2. The quantitative estimate of drug-likeness (QED) is 0.332. The van der Waals surface area contributed by atoms with Crippen LogP contribution in [0.15, 0.2) is 77.7 Å². The molecule has 1 aliphatic heterocycles. The molecule has 2 amide bonds. The van der Waals surface area contributed by atoms with E-state index in [0.29, 0.717) is 29.7 Å². The van der Waals surface area contributed by atoms with Crippen molar-refractivity contribution in [2.45, 2.75) is 18.9 Å². The Kier molecular flexibility index (Phi) is 8.35. The number of aromatic nitrogens is 3. The third-order valence-electron chi connectivity index (χ3n) is 7.31. The first-order valence-corrected chi connectivity index (χ1v) is 13.6. The third kappa shape index (κ3) is 5.96. The smallest absolute Gasteiger partial charge is 0.320 e. The maximum atomic E-state index is 13.5. The molecule has 1 saturated heterocycles. The van der Waals surface area contributed by atoms with Crippen LogP contribution >= 0.6 is 11.6 Å². The topological polar surface area (TPSA) is 93.4 Å². The van der Waals surface area contributed by atoms with Crippen molar-refractivity contribution < 1.29 is 9.53 Å². The number of hydrogen-bond acceptors (Lipinski definition) is 5. The lowest BCUT2D eigenvalue weighted by Crippen LogP contribution is -2.42. The number of urea groups is 1. The van der Waals surface area contributed by atoms with Crippen molar-refractivity contribution in [3.8, 4) is 16.9 Å². The van der Waals surface area contributed by atoms with Crippen molar-refractivity contribution in [1.29, 1.82) is 0 Å². The average molecular weight is 561 g/mol. The second-order valence-corrected chi connectivity index (χ2v) is 10.5. The number of para-hydroxylation sites is 1. The van der Waals surface area contributed by atoms with Crippen LogP contribution in [0, 0.1) is 6.92 Å². The number of likely N-dealkylation sites (tertiary alicyclic amines) is 1. The van der Waals surface area contributed by atoms with Crippen molar-refractivity contribution in [3.63, 3.8) is 0 Å². The summed E-state index contributed by atoms with van der Waals surface area (Å²) >= 11 is 6.31. The minimum Gasteiger partial charge on any atom is -0.383 e. The Labute approximate surface area is 238 Å². The van der Waals surface area contributed by atoms with E-state index in [0.717, 1.165) is 35.5 Å². The number of ether oxygens (including phenoxy) is 1. The third-order valence-corrected chi connectivity index (χ3v) is 7.55. The van der Waals surface area contributed by atoms with Gasteiger partial charge in [0.05, 0.1) is 24.0 Å². The number of carbonyl (C=O) groups is 1. The second kappa shape index (κ2) is 12.1. The fraction of sp³-hybridized carbons (Fsp3) is 0.300. The lowest BCUT2D eigenvalue weighted by atomic mass is 9.94. The van der Waals surface area contributed by atoms with E-state index < -0.39 is 0 Å². The van der Waals surface area contributed by atoms with Crippen molar-refractivity contribution >= 4 is 23.4 Å². The first kappa shape index (κ1) is 27.6. The Morgan fingerprint density at radius 3 is 2.62 bits per heavy atom. The maximum Gasteiger partial charge on any atom is 0.320 e. The maximum absolute atomic E-state index is 13.5. The molecule has 0 radical (unpaired) electrons. The Balaban J connectivity index is 1.44. The standard InChI is InChI=1S/C30H33ClN6O3/c1-20-28(22-12-13-27(38)35(2)17-22)34-37(24-10-5-4-6-11-24)29(20)33-30(39)32-26-19-36(14-15-40-3)18-25(26)21-8-7-9-23(31)16-21/h4-13,16-17,25-26H,14-15,18-19H2,1-3H3,(H2,32,33,39). The minimum absolute atomic E-state index is 0.0719. The summed E-state index contributed by atoms with van der Waals surface area (Å²) in [7, 11) is 3.39. The van der Waals surface area contributed by atoms with Gasteiger partial charge in [0, 0.05) is 68.1 Å². The van der Waals surface area contributed by atoms with E-state index in [1.165, 1.54) is 10.6 Å². The van der Waals surface area contributed by atoms with E-state index in [1.54, 1.807) is 31.1 Å². The molecule has 1 aliphatic rings. The van der Waals surface area contributed by atoms with Gasteiger partial charge < -0.3 is 14.6 Å². The molecule has 3 heterocycles. The number of nitrogens with zero attached hydrogens (tertiary/aromatic N) is 4. The number of nitrogens with one attached hydrogen (secondary N) is 2. The Morgan fingerprint density at radius 2 is 1.90 bits per heavy atom. The molecular formula is C30H33ClN6O3. The van der Waals surface area contributed by atoms with Gasteiger partial charge in [-0.2, -0.15) is 5.10 Å². The summed E-state index contributed by atoms with van der Waals surface area (Å²) < 4.78 is 8.53. The summed E-state index contributed by atoms with van der Waals surface area (Å²) in [5.74, 6) is 0.628. The van der Waals surface area contributed by atoms with Crippen LogP contribution in [-0.2, 0) is 11.8 Å². The second-order valence-electron chi connectivity index (χ2n) is 10.1. The van der Waals surface area contributed by atoms with Gasteiger partial charge >= 0.3 is 6.03 Å². The number of aryl methyl sites for hydroxylation is 1. The van der Waals surface area contributed by atoms with Gasteiger partial charge in [0.2, 0.25) is 5.56 Å². The Hall–Kier alpha value is -3.92. The van der Waals surface area contributed by atoms with Crippen LogP contribution in [0.25, 0.3) is 16.9 Å². The molecule has 1 fully saturated rings. The van der Waals surface area contributed by atoms with E-state index in [9.17, 15) is 9.59 Å². The van der Waals surface area contributed by atoms with Gasteiger partial charge in [0.15, 0.2) is 0 Å². The van der Waals surface area contributed by atoms with E-state index in [2.05, 4.69) is 21.6 Å². The van der Waals surface area contributed by atoms with Crippen LogP contribution in [0.1, 0.15) is 17.0 Å². The summed E-state index contributed by atoms with van der Waals surface area (Å²) in [5.41, 5.74) is 4.03. The highest BCUT2D eigenvalue weighted by atomic mass is 35.5. The molecule has 2 atom stereocenters. The molecule has 2 aromatic heterocycles. The lowest BCUT2D eigenvalue weighted by Gasteiger charge is -2.21. The van der Waals surface area contributed by atoms with Gasteiger partial charge in [-0.3, -0.25) is 15.0 Å². The average Bonchev–Trinajstić information content (AvgIpc) is 3.50. The number of methoxy groups -OCH3 is 1. The number of pyridine rings is 1. The monoisotopic (exact) mass is 560 g/mol. The highest BCUT2D eigenvalue weighted by molar-refractivity contribution is 6.30.